The lowest BCUT2D eigenvalue weighted by Gasteiger charge is -2.11. The van der Waals surface area contributed by atoms with E-state index in [0.717, 1.165) is 0 Å². The van der Waals surface area contributed by atoms with E-state index < -0.39 is 5.97 Å². The summed E-state index contributed by atoms with van der Waals surface area (Å²) in [5, 5.41) is 2.92. The number of anilines is 2. The second-order valence-corrected chi connectivity index (χ2v) is 4.29. The SMILES string of the molecule is CCOC(=O)c1ccnc(NCc2ccccc2F)c1N. The molecule has 0 fully saturated rings. The van der Waals surface area contributed by atoms with E-state index in [0.29, 0.717) is 11.4 Å². The van der Waals surface area contributed by atoms with Gasteiger partial charge in [-0.1, -0.05) is 18.2 Å². The lowest BCUT2D eigenvalue weighted by atomic mass is 10.2. The molecule has 1 aromatic carbocycles. The average Bonchev–Trinajstić information content (AvgIpc) is 2.48. The van der Waals surface area contributed by atoms with Gasteiger partial charge in [0.25, 0.3) is 0 Å². The molecule has 0 saturated carbocycles. The van der Waals surface area contributed by atoms with Crippen molar-refractivity contribution in [2.24, 2.45) is 0 Å². The fourth-order valence-electron chi connectivity index (χ4n) is 1.82. The Balaban J connectivity index is 2.16. The van der Waals surface area contributed by atoms with E-state index in [1.54, 1.807) is 25.1 Å². The Labute approximate surface area is 121 Å². The van der Waals surface area contributed by atoms with Crippen molar-refractivity contribution >= 4 is 17.5 Å². The Morgan fingerprint density at radius 3 is 2.86 bits per heavy atom. The second kappa shape index (κ2) is 6.69. The molecular formula is C15H16FN3O2. The fourth-order valence-corrected chi connectivity index (χ4v) is 1.82. The van der Waals surface area contributed by atoms with E-state index in [9.17, 15) is 9.18 Å². The number of nitrogen functional groups attached to an aromatic ring is 1. The van der Waals surface area contributed by atoms with Crippen LogP contribution in [0.25, 0.3) is 0 Å². The van der Waals surface area contributed by atoms with Crippen LogP contribution in [0.1, 0.15) is 22.8 Å². The van der Waals surface area contributed by atoms with Crippen molar-refractivity contribution < 1.29 is 13.9 Å². The third-order valence-electron chi connectivity index (χ3n) is 2.89. The van der Waals surface area contributed by atoms with Crippen molar-refractivity contribution in [3.8, 4) is 0 Å². The maximum Gasteiger partial charge on any atom is 0.340 e. The molecule has 2 rings (SSSR count). The van der Waals surface area contributed by atoms with E-state index in [1.165, 1.54) is 18.3 Å². The van der Waals surface area contributed by atoms with Crippen LogP contribution in [-0.4, -0.2) is 17.6 Å². The van der Waals surface area contributed by atoms with E-state index >= 15 is 0 Å². The molecule has 21 heavy (non-hydrogen) atoms. The van der Waals surface area contributed by atoms with Crippen molar-refractivity contribution in [1.82, 2.24) is 4.98 Å². The van der Waals surface area contributed by atoms with Gasteiger partial charge >= 0.3 is 5.97 Å². The van der Waals surface area contributed by atoms with Gasteiger partial charge in [-0.15, -0.1) is 0 Å². The summed E-state index contributed by atoms with van der Waals surface area (Å²) in [4.78, 5) is 15.8. The van der Waals surface area contributed by atoms with Gasteiger partial charge in [0.2, 0.25) is 0 Å². The van der Waals surface area contributed by atoms with E-state index in [4.69, 9.17) is 10.5 Å². The van der Waals surface area contributed by atoms with Crippen LogP contribution in [-0.2, 0) is 11.3 Å². The molecule has 0 aliphatic rings. The van der Waals surface area contributed by atoms with Crippen LogP contribution < -0.4 is 11.1 Å². The number of rotatable bonds is 5. The first-order chi connectivity index (χ1) is 10.1. The van der Waals surface area contributed by atoms with Gasteiger partial charge in [0.05, 0.1) is 17.9 Å². The summed E-state index contributed by atoms with van der Waals surface area (Å²) in [6, 6.07) is 7.89. The first-order valence-electron chi connectivity index (χ1n) is 6.52. The van der Waals surface area contributed by atoms with Crippen molar-refractivity contribution in [3.05, 3.63) is 53.5 Å². The van der Waals surface area contributed by atoms with E-state index in [2.05, 4.69) is 10.3 Å². The first kappa shape index (κ1) is 14.8. The van der Waals surface area contributed by atoms with Gasteiger partial charge in [0, 0.05) is 18.3 Å². The number of nitrogens with zero attached hydrogens (tertiary/aromatic N) is 1. The van der Waals surface area contributed by atoms with Gasteiger partial charge in [-0.3, -0.25) is 0 Å². The highest BCUT2D eigenvalue weighted by Crippen LogP contribution is 2.21. The third kappa shape index (κ3) is 3.47. The summed E-state index contributed by atoms with van der Waals surface area (Å²) in [6.07, 6.45) is 1.45. The third-order valence-corrected chi connectivity index (χ3v) is 2.89. The molecule has 0 radical (unpaired) electrons. The largest absolute Gasteiger partial charge is 0.462 e. The van der Waals surface area contributed by atoms with Crippen LogP contribution in [0.3, 0.4) is 0 Å². The van der Waals surface area contributed by atoms with Crippen LogP contribution in [0.4, 0.5) is 15.9 Å². The van der Waals surface area contributed by atoms with Gasteiger partial charge in [-0.25, -0.2) is 14.2 Å². The zero-order valence-corrected chi connectivity index (χ0v) is 11.6. The Morgan fingerprint density at radius 2 is 2.14 bits per heavy atom. The molecule has 6 heteroatoms. The molecule has 0 atom stereocenters. The maximum atomic E-state index is 13.5. The van der Waals surface area contributed by atoms with Crippen molar-refractivity contribution in [1.29, 1.82) is 0 Å². The minimum absolute atomic E-state index is 0.187. The number of nitrogens with two attached hydrogens (primary N) is 1. The van der Waals surface area contributed by atoms with E-state index in [-0.39, 0.29) is 30.2 Å². The zero-order chi connectivity index (χ0) is 15.2. The smallest absolute Gasteiger partial charge is 0.340 e. The summed E-state index contributed by atoms with van der Waals surface area (Å²) < 4.78 is 18.4. The van der Waals surface area contributed by atoms with Crippen LogP contribution >= 0.6 is 0 Å². The normalized spacial score (nSPS) is 10.2. The number of carbonyl (C=O) groups excluding carboxylic acids is 1. The Hall–Kier alpha value is -2.63. The lowest BCUT2D eigenvalue weighted by Crippen LogP contribution is -2.12. The Kier molecular flexibility index (Phi) is 4.71. The van der Waals surface area contributed by atoms with Gasteiger partial charge in [-0.05, 0) is 19.1 Å². The second-order valence-electron chi connectivity index (χ2n) is 4.29. The standard InChI is InChI=1S/C15H16FN3O2/c1-2-21-15(20)11-7-8-18-14(13(11)17)19-9-10-5-3-4-6-12(10)16/h3-8H,2,9,17H2,1H3,(H,18,19). The number of aromatic nitrogens is 1. The van der Waals surface area contributed by atoms with Crippen LogP contribution in [0.2, 0.25) is 0 Å². The molecule has 0 spiro atoms. The maximum absolute atomic E-state index is 13.5. The topological polar surface area (TPSA) is 77.2 Å². The number of pyridine rings is 1. The molecule has 5 nitrogen and oxygen atoms in total. The predicted molar refractivity (Wildman–Crippen MR) is 78.3 cm³/mol. The fraction of sp³-hybridized carbons (Fsp3) is 0.200. The summed E-state index contributed by atoms with van der Waals surface area (Å²) in [7, 11) is 0. The molecule has 1 aromatic heterocycles. The molecule has 0 aliphatic heterocycles. The van der Waals surface area contributed by atoms with Gasteiger partial charge in [0.15, 0.2) is 0 Å². The minimum atomic E-state index is -0.508. The number of nitrogens with one attached hydrogen (secondary N) is 1. The highest BCUT2D eigenvalue weighted by atomic mass is 19.1. The van der Waals surface area contributed by atoms with E-state index in [1.807, 2.05) is 0 Å². The number of esters is 1. The quantitative estimate of drug-likeness (QED) is 0.827. The highest BCUT2D eigenvalue weighted by molar-refractivity contribution is 5.97. The van der Waals surface area contributed by atoms with Crippen LogP contribution in [0.15, 0.2) is 36.5 Å². The Morgan fingerprint density at radius 1 is 1.38 bits per heavy atom. The Bertz CT molecular complexity index is 647. The monoisotopic (exact) mass is 289 g/mol. The molecule has 0 saturated heterocycles. The zero-order valence-electron chi connectivity index (χ0n) is 11.6. The summed E-state index contributed by atoms with van der Waals surface area (Å²) in [6.45, 7) is 2.20. The summed E-state index contributed by atoms with van der Waals surface area (Å²) in [5.74, 6) is -0.500. The number of hydrogen-bond acceptors (Lipinski definition) is 5. The first-order valence-corrected chi connectivity index (χ1v) is 6.52. The number of ether oxygens (including phenoxy) is 1. The summed E-state index contributed by atoms with van der Waals surface area (Å²) >= 11 is 0. The molecule has 0 unspecified atom stereocenters. The molecule has 0 bridgehead atoms. The van der Waals surface area contributed by atoms with Crippen LogP contribution in [0.5, 0.6) is 0 Å². The molecule has 2 aromatic rings. The number of carbonyl (C=O) groups is 1. The molecular weight excluding hydrogens is 273 g/mol. The number of benzene rings is 1. The van der Waals surface area contributed by atoms with Crippen molar-refractivity contribution in [2.75, 3.05) is 17.7 Å². The number of halogens is 1. The van der Waals surface area contributed by atoms with Gasteiger partial charge in [-0.2, -0.15) is 0 Å². The summed E-state index contributed by atoms with van der Waals surface area (Å²) in [5.41, 5.74) is 6.81. The van der Waals surface area contributed by atoms with Crippen LogP contribution in [0, 0.1) is 5.82 Å². The van der Waals surface area contributed by atoms with Gasteiger partial charge < -0.3 is 15.8 Å². The molecule has 0 aliphatic carbocycles. The van der Waals surface area contributed by atoms with Gasteiger partial charge in [0.1, 0.15) is 11.6 Å². The highest BCUT2D eigenvalue weighted by Gasteiger charge is 2.14. The van der Waals surface area contributed by atoms with Crippen molar-refractivity contribution in [3.63, 3.8) is 0 Å². The van der Waals surface area contributed by atoms with Crippen molar-refractivity contribution in [2.45, 2.75) is 13.5 Å². The molecule has 0 amide bonds. The molecule has 1 heterocycles. The molecule has 3 N–H and O–H groups in total. The average molecular weight is 289 g/mol. The predicted octanol–water partition coefficient (Wildman–Crippen LogP) is 2.59. The minimum Gasteiger partial charge on any atom is -0.462 e. The molecule has 110 valence electrons. The lowest BCUT2D eigenvalue weighted by molar-refractivity contribution is 0.0527. The number of hydrogen-bond donors (Lipinski definition) is 2.